The van der Waals surface area contributed by atoms with E-state index in [1.54, 1.807) is 0 Å². The van der Waals surface area contributed by atoms with E-state index in [1.807, 2.05) is 0 Å². The van der Waals surface area contributed by atoms with Crippen LogP contribution in [0, 0.1) is 0 Å². The predicted octanol–water partition coefficient (Wildman–Crippen LogP) is 2.51. The number of hydrogen-bond donors (Lipinski definition) is 0. The molecule has 0 spiro atoms. The van der Waals surface area contributed by atoms with Crippen molar-refractivity contribution in [3.05, 3.63) is 11.9 Å². The summed E-state index contributed by atoms with van der Waals surface area (Å²) in [5, 5.41) is 0. The Morgan fingerprint density at radius 3 is 1.87 bits per heavy atom. The molecule has 88 valence electrons. The van der Waals surface area contributed by atoms with Gasteiger partial charge in [-0.05, 0) is 6.08 Å². The summed E-state index contributed by atoms with van der Waals surface area (Å²) in [7, 11) is 0. The first-order chi connectivity index (χ1) is 6.55. The van der Waals surface area contributed by atoms with Crippen LogP contribution in [0.5, 0.6) is 0 Å². The molecule has 0 aromatic heterocycles. The first kappa shape index (κ1) is 13.7. The Hall–Kier alpha value is -1.28. The molecule has 0 aliphatic carbocycles. The van der Waals surface area contributed by atoms with E-state index in [1.165, 1.54) is 0 Å². The molecule has 0 aliphatic heterocycles. The minimum atomic E-state index is -5.32. The van der Waals surface area contributed by atoms with Crippen molar-refractivity contribution >= 4 is 5.97 Å². The average Bonchev–Trinajstić information content (AvgIpc) is 2.00. The van der Waals surface area contributed by atoms with Crippen LogP contribution in [-0.4, -0.2) is 24.9 Å². The van der Waals surface area contributed by atoms with E-state index in [2.05, 4.69) is 4.74 Å². The first-order valence-corrected chi connectivity index (χ1v) is 3.22. The maximum Gasteiger partial charge on any atom is 0.490 e. The summed E-state index contributed by atoms with van der Waals surface area (Å²) in [6, 6.07) is 0. The molecule has 0 atom stereocenters. The fourth-order valence-corrected chi connectivity index (χ4v) is 0.388. The monoisotopic (exact) mass is 240 g/mol. The molecule has 9 heteroatoms. The lowest BCUT2D eigenvalue weighted by Crippen LogP contribution is -2.25. The number of esters is 1. The van der Waals surface area contributed by atoms with Gasteiger partial charge in [0.1, 0.15) is 6.61 Å². The van der Waals surface area contributed by atoms with Gasteiger partial charge in [0.15, 0.2) is 0 Å². The van der Waals surface area contributed by atoms with Crippen LogP contribution in [0.15, 0.2) is 11.9 Å². The van der Waals surface area contributed by atoms with Crippen molar-refractivity contribution in [1.82, 2.24) is 0 Å². The van der Waals surface area contributed by atoms with Crippen LogP contribution < -0.4 is 0 Å². The van der Waals surface area contributed by atoms with Crippen molar-refractivity contribution in [2.45, 2.75) is 12.4 Å². The Bertz CT molecular complexity index is 262. The zero-order chi connectivity index (χ0) is 12.3. The molecule has 0 bridgehead atoms. The van der Waals surface area contributed by atoms with E-state index in [-0.39, 0.29) is 6.08 Å². The van der Waals surface area contributed by atoms with Crippen molar-refractivity contribution in [2.24, 2.45) is 0 Å². The predicted molar refractivity (Wildman–Crippen MR) is 32.3 cm³/mol. The minimum absolute atomic E-state index is 0.316. The summed E-state index contributed by atoms with van der Waals surface area (Å²) in [5.74, 6) is -5.31. The molecule has 0 saturated carbocycles. The molecular weight excluding hydrogens is 237 g/mol. The van der Waals surface area contributed by atoms with Gasteiger partial charge in [0.25, 0.3) is 0 Å². The van der Waals surface area contributed by atoms with E-state index in [9.17, 15) is 35.5 Å². The van der Waals surface area contributed by atoms with Gasteiger partial charge < -0.3 is 4.74 Å². The first-order valence-electron chi connectivity index (χ1n) is 3.22. The normalized spacial score (nSPS) is 13.9. The number of carbonyl (C=O) groups excluding carboxylic acids is 1. The highest BCUT2D eigenvalue weighted by molar-refractivity contribution is 5.75. The molecule has 15 heavy (non-hydrogen) atoms. The lowest BCUT2D eigenvalue weighted by Gasteiger charge is -2.05. The molecular formula is C6H3F7O2. The van der Waals surface area contributed by atoms with Crippen LogP contribution in [0.4, 0.5) is 30.7 Å². The standard InChI is InChI=1S/C6H3F7O2/c7-3(5(8,9)10)1-2-15-4(14)6(11,12)13/h1H,2H2/b3-1-. The van der Waals surface area contributed by atoms with Gasteiger partial charge in [0.05, 0.1) is 0 Å². The molecule has 0 N–H and O–H groups in total. The molecule has 0 radical (unpaired) electrons. The number of hydrogen-bond acceptors (Lipinski definition) is 2. The molecule has 0 saturated heterocycles. The molecule has 0 aliphatic rings. The lowest BCUT2D eigenvalue weighted by molar-refractivity contribution is -0.198. The fraction of sp³-hybridized carbons (Fsp3) is 0.500. The highest BCUT2D eigenvalue weighted by Crippen LogP contribution is 2.26. The van der Waals surface area contributed by atoms with E-state index in [0.717, 1.165) is 0 Å². The van der Waals surface area contributed by atoms with Crippen LogP contribution in [0.3, 0.4) is 0 Å². The third kappa shape index (κ3) is 5.23. The topological polar surface area (TPSA) is 26.3 Å². The summed E-state index contributed by atoms with van der Waals surface area (Å²) >= 11 is 0. The number of allylic oxidation sites excluding steroid dienone is 1. The van der Waals surface area contributed by atoms with Gasteiger partial charge in [-0.2, -0.15) is 26.3 Å². The van der Waals surface area contributed by atoms with Crippen molar-refractivity contribution in [3.63, 3.8) is 0 Å². The van der Waals surface area contributed by atoms with Crippen LogP contribution in [0.1, 0.15) is 0 Å². The summed E-state index contributed by atoms with van der Waals surface area (Å²) in [5.41, 5.74) is 0. The number of ether oxygens (including phenoxy) is 1. The summed E-state index contributed by atoms with van der Waals surface area (Å²) < 4.78 is 83.6. The molecule has 0 fully saturated rings. The second-order valence-electron chi connectivity index (χ2n) is 2.15. The Kier molecular flexibility index (Phi) is 4.11. The van der Waals surface area contributed by atoms with E-state index in [4.69, 9.17) is 0 Å². The molecule has 2 nitrogen and oxygen atoms in total. The molecule has 0 heterocycles. The summed E-state index contributed by atoms with van der Waals surface area (Å²) in [6.45, 7) is -1.44. The number of alkyl halides is 6. The van der Waals surface area contributed by atoms with Crippen LogP contribution in [0.25, 0.3) is 0 Å². The van der Waals surface area contributed by atoms with Crippen molar-refractivity contribution in [2.75, 3.05) is 6.61 Å². The SMILES string of the molecule is O=C(OC/C=C(\F)C(F)(F)F)C(F)(F)F. The van der Waals surface area contributed by atoms with E-state index < -0.39 is 30.8 Å². The van der Waals surface area contributed by atoms with Crippen LogP contribution in [0.2, 0.25) is 0 Å². The molecule has 0 amide bonds. The average molecular weight is 240 g/mol. The minimum Gasteiger partial charge on any atom is -0.455 e. The maximum atomic E-state index is 11.9. The highest BCUT2D eigenvalue weighted by atomic mass is 19.4. The number of carbonyl (C=O) groups is 1. The summed E-state index contributed by atoms with van der Waals surface area (Å²) in [6.07, 6.45) is -10.9. The third-order valence-electron chi connectivity index (χ3n) is 0.979. The number of halogens is 7. The van der Waals surface area contributed by atoms with Crippen LogP contribution in [-0.2, 0) is 9.53 Å². The van der Waals surface area contributed by atoms with Gasteiger partial charge in [-0.1, -0.05) is 0 Å². The van der Waals surface area contributed by atoms with Gasteiger partial charge in [-0.25, -0.2) is 9.18 Å². The quantitative estimate of drug-likeness (QED) is 0.547. The lowest BCUT2D eigenvalue weighted by atomic mass is 10.4. The molecule has 0 aromatic rings. The maximum absolute atomic E-state index is 11.9. The second-order valence-corrected chi connectivity index (χ2v) is 2.15. The van der Waals surface area contributed by atoms with Gasteiger partial charge in [0, 0.05) is 0 Å². The highest BCUT2D eigenvalue weighted by Gasteiger charge is 2.41. The van der Waals surface area contributed by atoms with Gasteiger partial charge in [-0.3, -0.25) is 0 Å². The molecule has 0 unspecified atom stereocenters. The Labute approximate surface area is 78.3 Å². The van der Waals surface area contributed by atoms with E-state index >= 15 is 0 Å². The fourth-order valence-electron chi connectivity index (χ4n) is 0.388. The smallest absolute Gasteiger partial charge is 0.455 e. The van der Waals surface area contributed by atoms with Crippen molar-refractivity contribution in [3.8, 4) is 0 Å². The zero-order valence-corrected chi connectivity index (χ0v) is 6.75. The second kappa shape index (κ2) is 4.49. The Balaban J connectivity index is 4.16. The zero-order valence-electron chi connectivity index (χ0n) is 6.75. The van der Waals surface area contributed by atoms with E-state index in [0.29, 0.717) is 0 Å². The van der Waals surface area contributed by atoms with Gasteiger partial charge >= 0.3 is 18.3 Å². The van der Waals surface area contributed by atoms with Crippen molar-refractivity contribution in [1.29, 1.82) is 0 Å². The van der Waals surface area contributed by atoms with Crippen molar-refractivity contribution < 1.29 is 40.3 Å². The Morgan fingerprint density at radius 2 is 1.53 bits per heavy atom. The van der Waals surface area contributed by atoms with Gasteiger partial charge in [0.2, 0.25) is 5.83 Å². The third-order valence-corrected chi connectivity index (χ3v) is 0.979. The number of rotatable bonds is 2. The molecule has 0 rings (SSSR count). The summed E-state index contributed by atoms with van der Waals surface area (Å²) in [4.78, 5) is 9.92. The van der Waals surface area contributed by atoms with Gasteiger partial charge in [-0.15, -0.1) is 0 Å². The molecule has 0 aromatic carbocycles. The van der Waals surface area contributed by atoms with Crippen LogP contribution >= 0.6 is 0 Å². The largest absolute Gasteiger partial charge is 0.490 e. The Morgan fingerprint density at radius 1 is 1.07 bits per heavy atom.